The zero-order valence-electron chi connectivity index (χ0n) is 12.0. The zero-order valence-corrected chi connectivity index (χ0v) is 12.0. The summed E-state index contributed by atoms with van der Waals surface area (Å²) in [5, 5.41) is 3.38. The van der Waals surface area contributed by atoms with Crippen LogP contribution in [0, 0.1) is 11.3 Å². The fraction of sp³-hybridized carbons (Fsp3) is 0.929. The highest BCUT2D eigenvalue weighted by Gasteiger charge is 2.46. The van der Waals surface area contributed by atoms with E-state index in [1.165, 1.54) is 0 Å². The SMILES string of the molecule is CCN1CCN(C(=O)C2(C(C)C)CCNC2)CC1. The number of likely N-dealkylation sites (N-methyl/N-ethyl adjacent to an activating group) is 1. The monoisotopic (exact) mass is 253 g/mol. The van der Waals surface area contributed by atoms with Crippen LogP contribution in [0.1, 0.15) is 27.2 Å². The molecular weight excluding hydrogens is 226 g/mol. The smallest absolute Gasteiger partial charge is 0.230 e. The molecule has 18 heavy (non-hydrogen) atoms. The van der Waals surface area contributed by atoms with Gasteiger partial charge in [0.05, 0.1) is 5.41 Å². The Hall–Kier alpha value is -0.610. The van der Waals surface area contributed by atoms with Gasteiger partial charge < -0.3 is 15.1 Å². The Labute approximate surface area is 111 Å². The van der Waals surface area contributed by atoms with Crippen molar-refractivity contribution in [3.8, 4) is 0 Å². The zero-order chi connectivity index (χ0) is 13.2. The molecule has 2 saturated heterocycles. The minimum absolute atomic E-state index is 0.144. The summed E-state index contributed by atoms with van der Waals surface area (Å²) in [6.45, 7) is 13.4. The number of rotatable bonds is 3. The summed E-state index contributed by atoms with van der Waals surface area (Å²) in [6, 6.07) is 0. The summed E-state index contributed by atoms with van der Waals surface area (Å²) in [4.78, 5) is 17.3. The van der Waals surface area contributed by atoms with Crippen molar-refractivity contribution < 1.29 is 4.79 Å². The van der Waals surface area contributed by atoms with Crippen LogP contribution < -0.4 is 5.32 Å². The number of piperazine rings is 1. The molecular formula is C14H27N3O. The second-order valence-corrected chi connectivity index (χ2v) is 5.96. The van der Waals surface area contributed by atoms with Crippen molar-refractivity contribution in [3.63, 3.8) is 0 Å². The maximum atomic E-state index is 12.8. The van der Waals surface area contributed by atoms with Crippen LogP contribution in [0.3, 0.4) is 0 Å². The predicted octanol–water partition coefficient (Wildman–Crippen LogP) is 0.786. The lowest BCUT2D eigenvalue weighted by molar-refractivity contribution is -0.145. The van der Waals surface area contributed by atoms with E-state index >= 15 is 0 Å². The number of hydrogen-bond donors (Lipinski definition) is 1. The van der Waals surface area contributed by atoms with Crippen molar-refractivity contribution >= 4 is 5.91 Å². The maximum Gasteiger partial charge on any atom is 0.230 e. The van der Waals surface area contributed by atoms with Gasteiger partial charge in [-0.1, -0.05) is 20.8 Å². The van der Waals surface area contributed by atoms with E-state index in [-0.39, 0.29) is 5.41 Å². The van der Waals surface area contributed by atoms with Gasteiger partial charge in [0.1, 0.15) is 0 Å². The summed E-state index contributed by atoms with van der Waals surface area (Å²) in [7, 11) is 0. The highest BCUT2D eigenvalue weighted by atomic mass is 16.2. The molecule has 2 aliphatic rings. The van der Waals surface area contributed by atoms with Crippen molar-refractivity contribution in [2.24, 2.45) is 11.3 Å². The molecule has 2 fully saturated rings. The molecule has 2 aliphatic heterocycles. The Morgan fingerprint density at radius 2 is 1.94 bits per heavy atom. The number of carbonyl (C=O) groups is 1. The Kier molecular flexibility index (Phi) is 4.28. The maximum absolute atomic E-state index is 12.8. The van der Waals surface area contributed by atoms with Crippen LogP contribution in [-0.4, -0.2) is 61.5 Å². The predicted molar refractivity (Wildman–Crippen MR) is 73.5 cm³/mol. The number of nitrogens with one attached hydrogen (secondary N) is 1. The van der Waals surface area contributed by atoms with Crippen LogP contribution in [0.2, 0.25) is 0 Å². The lowest BCUT2D eigenvalue weighted by Crippen LogP contribution is -2.55. The minimum atomic E-state index is -0.144. The fourth-order valence-electron chi connectivity index (χ4n) is 3.22. The van der Waals surface area contributed by atoms with Crippen LogP contribution >= 0.6 is 0 Å². The highest BCUT2D eigenvalue weighted by Crippen LogP contribution is 2.36. The van der Waals surface area contributed by atoms with E-state index in [9.17, 15) is 4.79 Å². The third-order valence-corrected chi connectivity index (χ3v) is 4.83. The molecule has 0 aromatic carbocycles. The summed E-state index contributed by atoms with van der Waals surface area (Å²) in [5.41, 5.74) is -0.144. The van der Waals surface area contributed by atoms with Crippen molar-refractivity contribution in [2.45, 2.75) is 27.2 Å². The van der Waals surface area contributed by atoms with Gasteiger partial charge in [-0.3, -0.25) is 4.79 Å². The van der Waals surface area contributed by atoms with Crippen molar-refractivity contribution in [2.75, 3.05) is 45.8 Å². The Balaban J connectivity index is 2.02. The first kappa shape index (κ1) is 13.8. The van der Waals surface area contributed by atoms with E-state index in [2.05, 4.69) is 35.9 Å². The van der Waals surface area contributed by atoms with E-state index in [4.69, 9.17) is 0 Å². The van der Waals surface area contributed by atoms with Crippen LogP contribution in [0.25, 0.3) is 0 Å². The lowest BCUT2D eigenvalue weighted by atomic mass is 9.75. The molecule has 1 unspecified atom stereocenters. The average molecular weight is 253 g/mol. The number of nitrogens with zero attached hydrogens (tertiary/aromatic N) is 2. The first-order valence-electron chi connectivity index (χ1n) is 7.32. The van der Waals surface area contributed by atoms with Crippen LogP contribution in [0.4, 0.5) is 0 Å². The molecule has 4 heteroatoms. The third-order valence-electron chi connectivity index (χ3n) is 4.83. The van der Waals surface area contributed by atoms with Crippen molar-refractivity contribution in [3.05, 3.63) is 0 Å². The highest BCUT2D eigenvalue weighted by molar-refractivity contribution is 5.83. The fourth-order valence-corrected chi connectivity index (χ4v) is 3.22. The molecule has 0 aliphatic carbocycles. The lowest BCUT2D eigenvalue weighted by Gasteiger charge is -2.41. The third kappa shape index (κ3) is 2.41. The second kappa shape index (κ2) is 5.57. The molecule has 0 radical (unpaired) electrons. The molecule has 0 spiro atoms. The molecule has 1 amide bonds. The summed E-state index contributed by atoms with van der Waals surface area (Å²) >= 11 is 0. The van der Waals surface area contributed by atoms with E-state index in [1.54, 1.807) is 0 Å². The Bertz CT molecular complexity index is 289. The van der Waals surface area contributed by atoms with Crippen LogP contribution in [0.15, 0.2) is 0 Å². The van der Waals surface area contributed by atoms with E-state index in [0.29, 0.717) is 11.8 Å². The van der Waals surface area contributed by atoms with Crippen LogP contribution in [0.5, 0.6) is 0 Å². The Morgan fingerprint density at radius 3 is 2.39 bits per heavy atom. The van der Waals surface area contributed by atoms with Gasteiger partial charge in [0, 0.05) is 32.7 Å². The molecule has 0 aromatic rings. The van der Waals surface area contributed by atoms with Gasteiger partial charge in [0.25, 0.3) is 0 Å². The van der Waals surface area contributed by atoms with Gasteiger partial charge in [-0.05, 0) is 25.4 Å². The molecule has 104 valence electrons. The van der Waals surface area contributed by atoms with Crippen molar-refractivity contribution in [1.29, 1.82) is 0 Å². The summed E-state index contributed by atoms with van der Waals surface area (Å²) in [5.74, 6) is 0.808. The molecule has 2 heterocycles. The number of carbonyl (C=O) groups excluding carboxylic acids is 1. The van der Waals surface area contributed by atoms with E-state index in [0.717, 1.165) is 52.2 Å². The Morgan fingerprint density at radius 1 is 1.28 bits per heavy atom. The van der Waals surface area contributed by atoms with Gasteiger partial charge in [-0.2, -0.15) is 0 Å². The van der Waals surface area contributed by atoms with Gasteiger partial charge in [-0.25, -0.2) is 0 Å². The molecule has 0 bridgehead atoms. The van der Waals surface area contributed by atoms with Crippen LogP contribution in [-0.2, 0) is 4.79 Å². The summed E-state index contributed by atoms with van der Waals surface area (Å²) in [6.07, 6.45) is 0.998. The first-order chi connectivity index (χ1) is 8.60. The minimum Gasteiger partial charge on any atom is -0.340 e. The number of amides is 1. The van der Waals surface area contributed by atoms with E-state index in [1.807, 2.05) is 0 Å². The second-order valence-electron chi connectivity index (χ2n) is 5.96. The van der Waals surface area contributed by atoms with Gasteiger partial charge >= 0.3 is 0 Å². The molecule has 0 aromatic heterocycles. The molecule has 4 nitrogen and oxygen atoms in total. The molecule has 1 atom stereocenters. The van der Waals surface area contributed by atoms with Gasteiger partial charge in [0.15, 0.2) is 0 Å². The molecule has 1 N–H and O–H groups in total. The first-order valence-corrected chi connectivity index (χ1v) is 7.32. The van der Waals surface area contributed by atoms with Gasteiger partial charge in [-0.15, -0.1) is 0 Å². The van der Waals surface area contributed by atoms with E-state index < -0.39 is 0 Å². The normalized spacial score (nSPS) is 30.1. The average Bonchev–Trinajstić information content (AvgIpc) is 2.88. The summed E-state index contributed by atoms with van der Waals surface area (Å²) < 4.78 is 0. The number of hydrogen-bond acceptors (Lipinski definition) is 3. The largest absolute Gasteiger partial charge is 0.340 e. The van der Waals surface area contributed by atoms with Crippen molar-refractivity contribution in [1.82, 2.24) is 15.1 Å². The molecule has 0 saturated carbocycles. The van der Waals surface area contributed by atoms with Gasteiger partial charge in [0.2, 0.25) is 5.91 Å². The molecule has 2 rings (SSSR count). The quantitative estimate of drug-likeness (QED) is 0.807. The standard InChI is InChI=1S/C14H27N3O/c1-4-16-7-9-17(10-8-16)13(18)14(12(2)3)5-6-15-11-14/h12,15H,4-11H2,1-3H3. The topological polar surface area (TPSA) is 35.6 Å².